The summed E-state index contributed by atoms with van der Waals surface area (Å²) in [6, 6.07) is 15.8. The zero-order valence-electron chi connectivity index (χ0n) is 27.7. The van der Waals surface area contributed by atoms with Gasteiger partial charge in [0.05, 0.1) is 24.3 Å². The molecule has 3 amide bonds. The number of methoxy groups -OCH3 is 1. The molecule has 11 nitrogen and oxygen atoms in total. The zero-order valence-corrected chi connectivity index (χ0v) is 27.7. The van der Waals surface area contributed by atoms with Crippen LogP contribution in [0, 0.1) is 6.92 Å². The van der Waals surface area contributed by atoms with Gasteiger partial charge in [-0.2, -0.15) is 0 Å². The fourth-order valence-corrected chi connectivity index (χ4v) is 7.40. The van der Waals surface area contributed by atoms with Crippen molar-refractivity contribution in [1.82, 2.24) is 20.5 Å². The number of aromatic nitrogens is 1. The summed E-state index contributed by atoms with van der Waals surface area (Å²) in [4.78, 5) is 50.0. The average Bonchev–Trinajstić information content (AvgIpc) is 3.34. The molecule has 47 heavy (non-hydrogen) atoms. The molecule has 0 aliphatic carbocycles. The molecule has 0 unspecified atom stereocenters. The van der Waals surface area contributed by atoms with Crippen LogP contribution >= 0.6 is 0 Å². The van der Waals surface area contributed by atoms with Crippen LogP contribution in [0.15, 0.2) is 54.7 Å². The van der Waals surface area contributed by atoms with Crippen LogP contribution in [0.3, 0.4) is 0 Å². The Hall–Kier alpha value is -4.64. The van der Waals surface area contributed by atoms with Crippen molar-refractivity contribution in [3.8, 4) is 5.75 Å². The molecule has 3 saturated heterocycles. The number of rotatable bonds is 9. The van der Waals surface area contributed by atoms with Crippen molar-refractivity contribution in [2.45, 2.75) is 63.7 Å². The largest absolute Gasteiger partial charge is 0.496 e. The van der Waals surface area contributed by atoms with Crippen LogP contribution in [-0.2, 0) is 0 Å². The second-order valence-electron chi connectivity index (χ2n) is 13.1. The predicted molar refractivity (Wildman–Crippen MR) is 182 cm³/mol. The van der Waals surface area contributed by atoms with Crippen molar-refractivity contribution >= 4 is 29.2 Å². The molecule has 3 aromatic rings. The molecule has 4 atom stereocenters. The van der Waals surface area contributed by atoms with Crippen LogP contribution in [0.1, 0.15) is 80.8 Å². The van der Waals surface area contributed by atoms with E-state index in [9.17, 15) is 14.4 Å². The number of likely N-dealkylation sites (N-methyl/N-ethyl adjacent to an activating group) is 1. The molecule has 1 aromatic heterocycles. The molecule has 2 aromatic carbocycles. The molecule has 248 valence electrons. The standard InChI is InChI=1S/C36H45N7O4/c1-22-30(12-13-31(34(37)44)33(22)47-4)36(46)40-26-19-28-10-11-29(20-26)43(28)32-14-7-25(21-38-32)35(45)39-23(2)24-5-8-27(9-6-24)42-17-15-41(3)16-18-42/h5-9,12-14,21,23,26,28-29H,10-11,15-20H2,1-4H3,(H2,37,44)(H,39,45)(H,40,46)/t23-,26-,28+,29-/m0/s1. The third-order valence-electron chi connectivity index (χ3n) is 10.1. The van der Waals surface area contributed by atoms with E-state index in [1.807, 2.05) is 19.1 Å². The van der Waals surface area contributed by atoms with E-state index in [0.29, 0.717) is 22.4 Å². The average molecular weight is 640 g/mol. The Morgan fingerprint density at radius 1 is 0.915 bits per heavy atom. The minimum atomic E-state index is -0.597. The van der Waals surface area contributed by atoms with Gasteiger partial charge in [0.25, 0.3) is 17.7 Å². The van der Waals surface area contributed by atoms with Crippen LogP contribution in [0.2, 0.25) is 0 Å². The molecule has 3 aliphatic heterocycles. The summed E-state index contributed by atoms with van der Waals surface area (Å²) in [5, 5.41) is 6.33. The quantitative estimate of drug-likeness (QED) is 0.323. The summed E-state index contributed by atoms with van der Waals surface area (Å²) in [6.07, 6.45) is 5.30. The summed E-state index contributed by atoms with van der Waals surface area (Å²) in [7, 11) is 3.62. The molecule has 0 saturated carbocycles. The third kappa shape index (κ3) is 6.76. The molecule has 3 fully saturated rings. The highest BCUT2D eigenvalue weighted by molar-refractivity contribution is 6.01. The molecule has 0 radical (unpaired) electrons. The number of primary amides is 1. The van der Waals surface area contributed by atoms with E-state index >= 15 is 0 Å². The van der Waals surface area contributed by atoms with Gasteiger partial charge >= 0.3 is 0 Å². The Balaban J connectivity index is 1.04. The maximum atomic E-state index is 13.3. The van der Waals surface area contributed by atoms with Crippen LogP contribution in [0.5, 0.6) is 5.75 Å². The Bertz CT molecular complexity index is 1610. The van der Waals surface area contributed by atoms with Crippen LogP contribution < -0.4 is 30.9 Å². The summed E-state index contributed by atoms with van der Waals surface area (Å²) in [5.41, 5.74) is 9.58. The van der Waals surface area contributed by atoms with Gasteiger partial charge in [-0.3, -0.25) is 14.4 Å². The fraction of sp³-hybridized carbons (Fsp3) is 0.444. The van der Waals surface area contributed by atoms with Crippen LogP contribution in [0.4, 0.5) is 11.5 Å². The normalized spacial score (nSPS) is 21.7. The zero-order chi connectivity index (χ0) is 33.2. The first-order valence-electron chi connectivity index (χ1n) is 16.5. The van der Waals surface area contributed by atoms with Crippen molar-refractivity contribution in [1.29, 1.82) is 0 Å². The number of benzene rings is 2. The Labute approximate surface area is 276 Å². The number of carbonyl (C=O) groups is 3. The van der Waals surface area contributed by atoms with Gasteiger partial charge in [-0.1, -0.05) is 12.1 Å². The Kier molecular flexibility index (Phi) is 9.35. The van der Waals surface area contributed by atoms with Crippen molar-refractivity contribution < 1.29 is 19.1 Å². The summed E-state index contributed by atoms with van der Waals surface area (Å²) in [6.45, 7) is 7.92. The number of anilines is 2. The minimum absolute atomic E-state index is 0.0135. The lowest BCUT2D eigenvalue weighted by molar-refractivity contribution is 0.0921. The minimum Gasteiger partial charge on any atom is -0.496 e. The first-order valence-corrected chi connectivity index (χ1v) is 16.5. The smallest absolute Gasteiger partial charge is 0.253 e. The molecular weight excluding hydrogens is 594 g/mol. The molecule has 4 N–H and O–H groups in total. The predicted octanol–water partition coefficient (Wildman–Crippen LogP) is 3.67. The molecule has 6 rings (SSSR count). The molecule has 3 aliphatic rings. The maximum Gasteiger partial charge on any atom is 0.253 e. The number of ether oxygens (including phenoxy) is 1. The molecule has 0 spiro atoms. The molecular formula is C36H45N7O4. The summed E-state index contributed by atoms with van der Waals surface area (Å²) in [5.74, 6) is 0.241. The van der Waals surface area contributed by atoms with Gasteiger partial charge in [-0.05, 0) is 88.5 Å². The van der Waals surface area contributed by atoms with E-state index in [4.69, 9.17) is 15.5 Å². The third-order valence-corrected chi connectivity index (χ3v) is 10.1. The highest BCUT2D eigenvalue weighted by atomic mass is 16.5. The van der Waals surface area contributed by atoms with E-state index < -0.39 is 5.91 Å². The van der Waals surface area contributed by atoms with E-state index in [1.54, 1.807) is 19.2 Å². The van der Waals surface area contributed by atoms with E-state index in [-0.39, 0.29) is 41.5 Å². The Morgan fingerprint density at radius 2 is 1.57 bits per heavy atom. The lowest BCUT2D eigenvalue weighted by atomic mass is 9.96. The monoisotopic (exact) mass is 639 g/mol. The van der Waals surface area contributed by atoms with Gasteiger partial charge < -0.3 is 35.8 Å². The van der Waals surface area contributed by atoms with Gasteiger partial charge in [-0.15, -0.1) is 0 Å². The van der Waals surface area contributed by atoms with Gasteiger partial charge in [0.1, 0.15) is 11.6 Å². The van der Waals surface area contributed by atoms with Crippen molar-refractivity contribution in [2.75, 3.05) is 50.1 Å². The maximum absolute atomic E-state index is 13.3. The number of nitrogens with two attached hydrogens (primary N) is 1. The van der Waals surface area contributed by atoms with Crippen molar-refractivity contribution in [3.63, 3.8) is 0 Å². The number of carbonyl (C=O) groups excluding carboxylic acids is 3. The van der Waals surface area contributed by atoms with Crippen molar-refractivity contribution in [3.05, 3.63) is 82.5 Å². The molecule has 4 heterocycles. The second kappa shape index (κ2) is 13.6. The van der Waals surface area contributed by atoms with E-state index in [0.717, 1.165) is 63.2 Å². The summed E-state index contributed by atoms with van der Waals surface area (Å²) < 4.78 is 5.39. The topological polar surface area (TPSA) is 133 Å². The van der Waals surface area contributed by atoms with Gasteiger partial charge in [0, 0.05) is 67.3 Å². The van der Waals surface area contributed by atoms with Gasteiger partial charge in [0.2, 0.25) is 0 Å². The van der Waals surface area contributed by atoms with E-state index in [2.05, 4.69) is 56.6 Å². The second-order valence-corrected chi connectivity index (χ2v) is 13.1. The van der Waals surface area contributed by atoms with Crippen molar-refractivity contribution in [2.24, 2.45) is 5.73 Å². The number of fused-ring (bicyclic) bond motifs is 2. The number of amides is 3. The number of hydrogen-bond donors (Lipinski definition) is 3. The van der Waals surface area contributed by atoms with E-state index in [1.165, 1.54) is 18.9 Å². The fourth-order valence-electron chi connectivity index (χ4n) is 7.40. The number of piperidine rings is 1. The van der Waals surface area contributed by atoms with Crippen LogP contribution in [0.25, 0.3) is 0 Å². The number of nitrogens with zero attached hydrogens (tertiary/aromatic N) is 4. The first-order chi connectivity index (χ1) is 22.6. The first kappa shape index (κ1) is 32.3. The highest BCUT2D eigenvalue weighted by Gasteiger charge is 2.42. The Morgan fingerprint density at radius 3 is 2.17 bits per heavy atom. The number of hydrogen-bond acceptors (Lipinski definition) is 8. The SMILES string of the molecule is COc1c(C(N)=O)ccc(C(=O)N[C@H]2C[C@H]3CC[C@@H](C2)N3c2ccc(C(=O)N[C@@H](C)c3ccc(N4CCN(C)CC4)cc3)cn2)c1C. The number of nitrogens with one attached hydrogen (secondary N) is 2. The highest BCUT2D eigenvalue weighted by Crippen LogP contribution is 2.39. The molecule has 11 heteroatoms. The number of pyridine rings is 1. The van der Waals surface area contributed by atoms with Gasteiger partial charge in [0.15, 0.2) is 0 Å². The summed E-state index contributed by atoms with van der Waals surface area (Å²) >= 11 is 0. The lowest BCUT2D eigenvalue weighted by Crippen LogP contribution is -2.50. The molecule has 2 bridgehead atoms. The van der Waals surface area contributed by atoms with Crippen LogP contribution in [-0.4, -0.2) is 86.1 Å². The lowest BCUT2D eigenvalue weighted by Gasteiger charge is -2.40. The van der Waals surface area contributed by atoms with Gasteiger partial charge in [-0.25, -0.2) is 4.98 Å². The number of piperazine rings is 1.